The molecule has 0 aliphatic heterocycles. The Balaban J connectivity index is 1.52. The Morgan fingerprint density at radius 1 is 1.00 bits per heavy atom. The highest BCUT2D eigenvalue weighted by Crippen LogP contribution is 2.29. The van der Waals surface area contributed by atoms with E-state index in [-0.39, 0.29) is 0 Å². The number of hydrogen-bond donors (Lipinski definition) is 1. The van der Waals surface area contributed by atoms with Gasteiger partial charge in [0.1, 0.15) is 0 Å². The average Bonchev–Trinajstić information content (AvgIpc) is 2.12. The lowest BCUT2D eigenvalue weighted by molar-refractivity contribution is 0.0135. The van der Waals surface area contributed by atoms with Crippen molar-refractivity contribution in [2.75, 3.05) is 6.61 Å². The van der Waals surface area contributed by atoms with Crippen molar-refractivity contribution in [1.82, 2.24) is 0 Å². The molecule has 2 N–H and O–H groups in total. The fraction of sp³-hybridized carbons (Fsp3) is 1.00. The summed E-state index contributed by atoms with van der Waals surface area (Å²) in [5.74, 6) is 0.987. The summed E-state index contributed by atoms with van der Waals surface area (Å²) < 4.78 is 5.88. The van der Waals surface area contributed by atoms with E-state index in [0.717, 1.165) is 25.4 Å². The number of rotatable bonds is 4. The minimum Gasteiger partial charge on any atom is -0.378 e. The number of ether oxygens (including phenoxy) is 1. The van der Waals surface area contributed by atoms with Crippen LogP contribution in [0.15, 0.2) is 0 Å². The lowest BCUT2D eigenvalue weighted by atomic mass is 9.83. The largest absolute Gasteiger partial charge is 0.378 e. The molecule has 0 bridgehead atoms. The second kappa shape index (κ2) is 5.13. The van der Waals surface area contributed by atoms with Crippen LogP contribution in [-0.4, -0.2) is 18.8 Å². The molecule has 0 amide bonds. The van der Waals surface area contributed by atoms with E-state index in [4.69, 9.17) is 10.5 Å². The first-order valence-corrected chi connectivity index (χ1v) is 6.22. The van der Waals surface area contributed by atoms with E-state index in [0.29, 0.717) is 12.1 Å². The van der Waals surface area contributed by atoms with Gasteiger partial charge in [-0.05, 0) is 38.0 Å². The first-order valence-electron chi connectivity index (χ1n) is 6.22. The van der Waals surface area contributed by atoms with Gasteiger partial charge in [-0.25, -0.2) is 0 Å². The maximum atomic E-state index is 5.88. The molecule has 0 heterocycles. The first-order chi connectivity index (χ1) is 6.84. The average molecular weight is 197 g/mol. The topological polar surface area (TPSA) is 35.2 Å². The van der Waals surface area contributed by atoms with Crippen molar-refractivity contribution in [1.29, 1.82) is 0 Å². The van der Waals surface area contributed by atoms with Gasteiger partial charge in [0.05, 0.1) is 6.10 Å². The summed E-state index contributed by atoms with van der Waals surface area (Å²) in [6, 6.07) is 0.446. The Bertz CT molecular complexity index is 160. The second-order valence-corrected chi connectivity index (χ2v) is 4.99. The molecule has 2 fully saturated rings. The minimum absolute atomic E-state index is 0.446. The van der Waals surface area contributed by atoms with Crippen LogP contribution in [0.2, 0.25) is 0 Å². The van der Waals surface area contributed by atoms with Gasteiger partial charge in [-0.15, -0.1) is 0 Å². The summed E-state index contributed by atoms with van der Waals surface area (Å²) >= 11 is 0. The van der Waals surface area contributed by atoms with E-state index in [1.165, 1.54) is 38.5 Å². The lowest BCUT2D eigenvalue weighted by Crippen LogP contribution is -2.30. The molecule has 0 atom stereocenters. The summed E-state index contributed by atoms with van der Waals surface area (Å²) in [6.45, 7) is 0.991. The molecule has 2 aliphatic carbocycles. The SMILES string of the molecule is NC1CCC(OCCC2CCC2)CC1. The molecule has 2 rings (SSSR count). The molecule has 2 heteroatoms. The standard InChI is InChI=1S/C12H23NO/c13-11-4-6-12(7-5-11)14-9-8-10-2-1-3-10/h10-12H,1-9,13H2. The molecule has 2 saturated carbocycles. The zero-order valence-electron chi connectivity index (χ0n) is 9.08. The van der Waals surface area contributed by atoms with Gasteiger partial charge in [0.25, 0.3) is 0 Å². The fourth-order valence-electron chi connectivity index (χ4n) is 2.44. The van der Waals surface area contributed by atoms with E-state index in [2.05, 4.69) is 0 Å². The highest BCUT2D eigenvalue weighted by molar-refractivity contribution is 4.75. The van der Waals surface area contributed by atoms with Gasteiger partial charge in [0.2, 0.25) is 0 Å². The summed E-state index contributed by atoms with van der Waals surface area (Å²) in [4.78, 5) is 0. The third-order valence-corrected chi connectivity index (χ3v) is 3.82. The van der Waals surface area contributed by atoms with Crippen molar-refractivity contribution in [3.63, 3.8) is 0 Å². The molecule has 0 spiro atoms. The Kier molecular flexibility index (Phi) is 3.82. The van der Waals surface area contributed by atoms with E-state index < -0.39 is 0 Å². The summed E-state index contributed by atoms with van der Waals surface area (Å²) in [5.41, 5.74) is 5.85. The van der Waals surface area contributed by atoms with Crippen LogP contribution in [0.3, 0.4) is 0 Å². The molecule has 0 unspecified atom stereocenters. The van der Waals surface area contributed by atoms with Crippen molar-refractivity contribution in [2.45, 2.75) is 63.5 Å². The Morgan fingerprint density at radius 2 is 1.71 bits per heavy atom. The molecular weight excluding hydrogens is 174 g/mol. The maximum absolute atomic E-state index is 5.88. The zero-order valence-corrected chi connectivity index (χ0v) is 9.08. The monoisotopic (exact) mass is 197 g/mol. The van der Waals surface area contributed by atoms with Gasteiger partial charge >= 0.3 is 0 Å². The zero-order chi connectivity index (χ0) is 9.80. The highest BCUT2D eigenvalue weighted by atomic mass is 16.5. The van der Waals surface area contributed by atoms with Gasteiger partial charge in [-0.2, -0.15) is 0 Å². The first kappa shape index (κ1) is 10.4. The van der Waals surface area contributed by atoms with Crippen molar-refractivity contribution in [2.24, 2.45) is 11.7 Å². The minimum atomic E-state index is 0.446. The third kappa shape index (κ3) is 2.96. The molecule has 0 saturated heterocycles. The molecule has 0 aromatic heterocycles. The van der Waals surface area contributed by atoms with E-state index >= 15 is 0 Å². The van der Waals surface area contributed by atoms with Crippen LogP contribution >= 0.6 is 0 Å². The van der Waals surface area contributed by atoms with Crippen LogP contribution in [0.4, 0.5) is 0 Å². The molecule has 0 radical (unpaired) electrons. The summed E-state index contributed by atoms with van der Waals surface area (Å²) in [6.07, 6.45) is 10.8. The van der Waals surface area contributed by atoms with E-state index in [9.17, 15) is 0 Å². The Morgan fingerprint density at radius 3 is 2.29 bits per heavy atom. The molecule has 2 aliphatic rings. The Labute approximate surface area is 87.2 Å². The van der Waals surface area contributed by atoms with Crippen LogP contribution in [0.1, 0.15) is 51.4 Å². The molecular formula is C12H23NO. The van der Waals surface area contributed by atoms with Crippen molar-refractivity contribution in [3.8, 4) is 0 Å². The van der Waals surface area contributed by atoms with Crippen LogP contribution in [-0.2, 0) is 4.74 Å². The van der Waals surface area contributed by atoms with E-state index in [1.807, 2.05) is 0 Å². The number of hydrogen-bond acceptors (Lipinski definition) is 2. The van der Waals surface area contributed by atoms with Crippen molar-refractivity contribution in [3.05, 3.63) is 0 Å². The van der Waals surface area contributed by atoms with Crippen LogP contribution in [0.5, 0.6) is 0 Å². The van der Waals surface area contributed by atoms with Gasteiger partial charge in [-0.3, -0.25) is 0 Å². The van der Waals surface area contributed by atoms with Gasteiger partial charge in [0, 0.05) is 12.6 Å². The smallest absolute Gasteiger partial charge is 0.0576 e. The van der Waals surface area contributed by atoms with E-state index in [1.54, 1.807) is 0 Å². The molecule has 82 valence electrons. The van der Waals surface area contributed by atoms with Crippen LogP contribution in [0.25, 0.3) is 0 Å². The quantitative estimate of drug-likeness (QED) is 0.751. The highest BCUT2D eigenvalue weighted by Gasteiger charge is 2.20. The summed E-state index contributed by atoms with van der Waals surface area (Å²) in [7, 11) is 0. The van der Waals surface area contributed by atoms with Gasteiger partial charge in [-0.1, -0.05) is 19.3 Å². The predicted octanol–water partition coefficient (Wildman–Crippen LogP) is 2.46. The molecule has 0 aromatic rings. The maximum Gasteiger partial charge on any atom is 0.0576 e. The number of nitrogens with two attached hydrogens (primary N) is 1. The second-order valence-electron chi connectivity index (χ2n) is 4.99. The lowest BCUT2D eigenvalue weighted by Gasteiger charge is -2.29. The van der Waals surface area contributed by atoms with Crippen molar-refractivity contribution < 1.29 is 4.74 Å². The van der Waals surface area contributed by atoms with Gasteiger partial charge in [0.15, 0.2) is 0 Å². The van der Waals surface area contributed by atoms with Gasteiger partial charge < -0.3 is 10.5 Å². The van der Waals surface area contributed by atoms with Crippen molar-refractivity contribution >= 4 is 0 Å². The van der Waals surface area contributed by atoms with Crippen LogP contribution in [0, 0.1) is 5.92 Å². The fourth-order valence-corrected chi connectivity index (χ4v) is 2.44. The molecule has 14 heavy (non-hydrogen) atoms. The normalized spacial score (nSPS) is 34.1. The predicted molar refractivity (Wildman–Crippen MR) is 58.1 cm³/mol. The third-order valence-electron chi connectivity index (χ3n) is 3.82. The Hall–Kier alpha value is -0.0800. The van der Waals surface area contributed by atoms with Crippen LogP contribution < -0.4 is 5.73 Å². The molecule has 2 nitrogen and oxygen atoms in total. The molecule has 0 aromatic carbocycles. The summed E-state index contributed by atoms with van der Waals surface area (Å²) in [5, 5.41) is 0.